The zero-order valence-electron chi connectivity index (χ0n) is 12.1. The van der Waals surface area contributed by atoms with Crippen LogP contribution in [-0.2, 0) is 16.0 Å². The van der Waals surface area contributed by atoms with Gasteiger partial charge >= 0.3 is 5.97 Å². The van der Waals surface area contributed by atoms with Crippen molar-refractivity contribution in [1.29, 1.82) is 0 Å². The molecule has 4 nitrogen and oxygen atoms in total. The number of aliphatic carboxylic acids is 1. The molecule has 0 spiro atoms. The third kappa shape index (κ3) is 2.84. The van der Waals surface area contributed by atoms with Crippen LogP contribution < -0.4 is 5.32 Å². The lowest BCUT2D eigenvalue weighted by Crippen LogP contribution is -2.48. The topological polar surface area (TPSA) is 66.4 Å². The first-order chi connectivity index (χ1) is 9.30. The highest BCUT2D eigenvalue weighted by atomic mass is 16.4. The molecule has 2 rings (SSSR count). The molecule has 0 saturated heterocycles. The number of carboxylic acids is 1. The van der Waals surface area contributed by atoms with Crippen LogP contribution in [0.1, 0.15) is 44.2 Å². The van der Waals surface area contributed by atoms with Gasteiger partial charge in [-0.1, -0.05) is 45.0 Å². The maximum absolute atomic E-state index is 12.1. The maximum atomic E-state index is 12.1. The van der Waals surface area contributed by atoms with Gasteiger partial charge in [-0.3, -0.25) is 4.79 Å². The monoisotopic (exact) mass is 275 g/mol. The molecule has 4 heteroatoms. The lowest BCUT2D eigenvalue weighted by Gasteiger charge is -2.26. The Balaban J connectivity index is 2.23. The fraction of sp³-hybridized carbons (Fsp3) is 0.500. The van der Waals surface area contributed by atoms with E-state index in [4.69, 9.17) is 0 Å². The van der Waals surface area contributed by atoms with Crippen LogP contribution in [0.2, 0.25) is 0 Å². The molecule has 1 amide bonds. The Morgan fingerprint density at radius 1 is 1.30 bits per heavy atom. The lowest BCUT2D eigenvalue weighted by molar-refractivity contribution is -0.144. The molecule has 0 saturated carbocycles. The number of fused-ring (bicyclic) bond motifs is 1. The fourth-order valence-corrected chi connectivity index (χ4v) is 2.63. The van der Waals surface area contributed by atoms with Crippen LogP contribution in [0.25, 0.3) is 0 Å². The van der Waals surface area contributed by atoms with E-state index in [1.807, 2.05) is 24.3 Å². The Hall–Kier alpha value is -1.84. The summed E-state index contributed by atoms with van der Waals surface area (Å²) in [6, 6.07) is 7.02. The van der Waals surface area contributed by atoms with Crippen LogP contribution >= 0.6 is 0 Å². The Morgan fingerprint density at radius 3 is 2.55 bits per heavy atom. The van der Waals surface area contributed by atoms with Crippen molar-refractivity contribution in [2.75, 3.05) is 0 Å². The fourth-order valence-electron chi connectivity index (χ4n) is 2.63. The largest absolute Gasteiger partial charge is 0.480 e. The number of nitrogens with one attached hydrogen (secondary N) is 1. The SMILES string of the molecule is CC(C)(C)C(=O)N[C@H](C(=O)O)[C@@H]1CCc2ccccc21. The van der Waals surface area contributed by atoms with E-state index in [9.17, 15) is 14.7 Å². The van der Waals surface area contributed by atoms with Gasteiger partial charge < -0.3 is 10.4 Å². The Morgan fingerprint density at radius 2 is 1.95 bits per heavy atom. The van der Waals surface area contributed by atoms with Gasteiger partial charge in [0.25, 0.3) is 0 Å². The summed E-state index contributed by atoms with van der Waals surface area (Å²) < 4.78 is 0. The van der Waals surface area contributed by atoms with Crippen molar-refractivity contribution < 1.29 is 14.7 Å². The van der Waals surface area contributed by atoms with E-state index >= 15 is 0 Å². The molecule has 0 heterocycles. The van der Waals surface area contributed by atoms with Gasteiger partial charge in [-0.25, -0.2) is 4.79 Å². The van der Waals surface area contributed by atoms with Crippen molar-refractivity contribution in [3.63, 3.8) is 0 Å². The normalized spacial score (nSPS) is 19.2. The summed E-state index contributed by atoms with van der Waals surface area (Å²) in [5.41, 5.74) is 1.65. The molecule has 1 aromatic rings. The van der Waals surface area contributed by atoms with E-state index in [2.05, 4.69) is 5.32 Å². The number of rotatable bonds is 3. The molecule has 0 fully saturated rings. The first-order valence-corrected chi connectivity index (χ1v) is 6.92. The molecule has 0 unspecified atom stereocenters. The quantitative estimate of drug-likeness (QED) is 0.889. The van der Waals surface area contributed by atoms with Gasteiger partial charge in [-0.05, 0) is 24.0 Å². The van der Waals surface area contributed by atoms with E-state index in [0.29, 0.717) is 0 Å². The second-order valence-corrected chi connectivity index (χ2v) is 6.38. The molecule has 2 atom stereocenters. The molecule has 0 bridgehead atoms. The summed E-state index contributed by atoms with van der Waals surface area (Å²) in [5.74, 6) is -1.34. The lowest BCUT2D eigenvalue weighted by atomic mass is 9.90. The van der Waals surface area contributed by atoms with Gasteiger partial charge in [0.05, 0.1) is 0 Å². The van der Waals surface area contributed by atoms with Crippen molar-refractivity contribution in [2.45, 2.75) is 45.6 Å². The number of amides is 1. The van der Waals surface area contributed by atoms with Gasteiger partial charge in [0.15, 0.2) is 0 Å². The van der Waals surface area contributed by atoms with E-state index in [-0.39, 0.29) is 11.8 Å². The predicted octanol–water partition coefficient (Wildman–Crippen LogP) is 2.33. The van der Waals surface area contributed by atoms with Crippen LogP contribution in [0.5, 0.6) is 0 Å². The van der Waals surface area contributed by atoms with Crippen molar-refractivity contribution in [1.82, 2.24) is 5.32 Å². The zero-order valence-corrected chi connectivity index (χ0v) is 12.1. The average Bonchev–Trinajstić information content (AvgIpc) is 2.77. The highest BCUT2D eigenvalue weighted by Gasteiger charge is 2.37. The molecular formula is C16H21NO3. The van der Waals surface area contributed by atoms with Crippen LogP contribution in [0.15, 0.2) is 24.3 Å². The summed E-state index contributed by atoms with van der Waals surface area (Å²) in [7, 11) is 0. The third-order valence-corrected chi connectivity index (χ3v) is 3.82. The van der Waals surface area contributed by atoms with Gasteiger partial charge in [-0.15, -0.1) is 0 Å². The van der Waals surface area contributed by atoms with Crippen molar-refractivity contribution >= 4 is 11.9 Å². The van der Waals surface area contributed by atoms with Gasteiger partial charge in [0.1, 0.15) is 6.04 Å². The number of benzene rings is 1. The molecule has 108 valence electrons. The predicted molar refractivity (Wildman–Crippen MR) is 76.5 cm³/mol. The Bertz CT molecular complexity index is 531. The number of aryl methyl sites for hydroxylation is 1. The highest BCUT2D eigenvalue weighted by Crippen LogP contribution is 2.35. The van der Waals surface area contributed by atoms with Crippen molar-refractivity contribution in [3.8, 4) is 0 Å². The zero-order chi connectivity index (χ0) is 14.9. The van der Waals surface area contributed by atoms with Crippen LogP contribution in [0, 0.1) is 5.41 Å². The second kappa shape index (κ2) is 5.27. The number of carbonyl (C=O) groups excluding carboxylic acids is 1. The molecular weight excluding hydrogens is 254 g/mol. The standard InChI is InChI=1S/C16H21NO3/c1-16(2,3)15(20)17-13(14(18)19)12-9-8-10-6-4-5-7-11(10)12/h4-7,12-13H,8-9H2,1-3H3,(H,17,20)(H,18,19)/t12-,13+/m1/s1. The van der Waals surface area contributed by atoms with E-state index < -0.39 is 17.4 Å². The number of hydrogen-bond donors (Lipinski definition) is 2. The third-order valence-electron chi connectivity index (χ3n) is 3.82. The molecule has 2 N–H and O–H groups in total. The summed E-state index contributed by atoms with van der Waals surface area (Å²) in [6.45, 7) is 5.34. The Kier molecular flexibility index (Phi) is 3.84. The first-order valence-electron chi connectivity index (χ1n) is 6.92. The number of carboxylic acid groups (broad SMARTS) is 1. The molecule has 0 aliphatic heterocycles. The van der Waals surface area contributed by atoms with E-state index in [1.54, 1.807) is 20.8 Å². The van der Waals surface area contributed by atoms with Gasteiger partial charge in [0, 0.05) is 11.3 Å². The van der Waals surface area contributed by atoms with Crippen LogP contribution in [0.4, 0.5) is 0 Å². The summed E-state index contributed by atoms with van der Waals surface area (Å²) in [6.07, 6.45) is 1.64. The summed E-state index contributed by atoms with van der Waals surface area (Å²) >= 11 is 0. The smallest absolute Gasteiger partial charge is 0.326 e. The molecule has 20 heavy (non-hydrogen) atoms. The second-order valence-electron chi connectivity index (χ2n) is 6.38. The molecule has 0 radical (unpaired) electrons. The Labute approximate surface area is 119 Å². The van der Waals surface area contributed by atoms with Crippen LogP contribution in [0.3, 0.4) is 0 Å². The molecule has 1 aliphatic rings. The van der Waals surface area contributed by atoms with E-state index in [1.165, 1.54) is 5.56 Å². The van der Waals surface area contributed by atoms with Crippen molar-refractivity contribution in [3.05, 3.63) is 35.4 Å². The maximum Gasteiger partial charge on any atom is 0.326 e. The van der Waals surface area contributed by atoms with Crippen LogP contribution in [-0.4, -0.2) is 23.0 Å². The number of carbonyl (C=O) groups is 2. The average molecular weight is 275 g/mol. The van der Waals surface area contributed by atoms with Gasteiger partial charge in [-0.2, -0.15) is 0 Å². The summed E-state index contributed by atoms with van der Waals surface area (Å²) in [4.78, 5) is 23.6. The minimum absolute atomic E-state index is 0.144. The minimum Gasteiger partial charge on any atom is -0.480 e. The highest BCUT2D eigenvalue weighted by molar-refractivity contribution is 5.87. The molecule has 0 aromatic heterocycles. The minimum atomic E-state index is -0.968. The molecule has 1 aliphatic carbocycles. The number of hydrogen-bond acceptors (Lipinski definition) is 2. The van der Waals surface area contributed by atoms with Crippen molar-refractivity contribution in [2.24, 2.45) is 5.41 Å². The summed E-state index contributed by atoms with van der Waals surface area (Å²) in [5, 5.41) is 12.2. The van der Waals surface area contributed by atoms with E-state index in [0.717, 1.165) is 18.4 Å². The molecule has 1 aromatic carbocycles. The van der Waals surface area contributed by atoms with Gasteiger partial charge in [0.2, 0.25) is 5.91 Å². The first kappa shape index (κ1) is 14.6.